The molecule has 3 aromatic heterocycles. The first-order chi connectivity index (χ1) is 33.4. The average Bonchev–Trinajstić information content (AvgIpc) is 4.13. The van der Waals surface area contributed by atoms with Crippen molar-refractivity contribution in [2.45, 2.75) is 219 Å². The number of nitrogens with one attached hydrogen (secondary N) is 3. The maximum atomic E-state index is 5.89. The quantitative estimate of drug-likeness (QED) is 0.168. The monoisotopic (exact) mass is 976 g/mol. The first-order valence-corrected chi connectivity index (χ1v) is 29.3. The van der Waals surface area contributed by atoms with Crippen LogP contribution in [0.5, 0.6) is 0 Å². The number of nitrogens with zero attached hydrogens (tertiary/aromatic N) is 2. The van der Waals surface area contributed by atoms with Gasteiger partial charge in [-0.1, -0.05) is 125 Å². The van der Waals surface area contributed by atoms with Gasteiger partial charge < -0.3 is 15.3 Å². The molecule has 4 fully saturated rings. The van der Waals surface area contributed by atoms with Crippen LogP contribution in [-0.2, 0) is 0 Å². The van der Waals surface area contributed by atoms with E-state index in [1.54, 1.807) is 0 Å². The van der Waals surface area contributed by atoms with Gasteiger partial charge in [0.15, 0.2) is 0 Å². The standard InChI is InChI=1S/C67H101N5/c1-62(2,3)44-30-41(31-45(36-44)63(4,5)6)59-52-23-21-50(69-52)58(40-20-19-29-68-39-40)51-22-24-53(70-51)60(42-32-46(64(7,8)9)37-47(33-42)65(10,11)12)55-26-28-57(72-55)61(56-27-25-54(59)71-56)43-34-48(66(13,14)15)38-49(35-43)67(16,17)18/h21-28,40-49,68,71-72H,19-20,29-39H2,1-18H3. The smallest absolute Gasteiger partial charge is 0.0694 e. The van der Waals surface area contributed by atoms with Crippen molar-refractivity contribution in [1.82, 2.24) is 25.3 Å². The van der Waals surface area contributed by atoms with Gasteiger partial charge >= 0.3 is 0 Å². The second-order valence-electron chi connectivity index (χ2n) is 31.3. The Kier molecular flexibility index (Phi) is 14.3. The molecule has 7 unspecified atom stereocenters. The van der Waals surface area contributed by atoms with E-state index < -0.39 is 0 Å². The van der Waals surface area contributed by atoms with Crippen LogP contribution in [-0.4, -0.2) is 33.0 Å². The lowest BCUT2D eigenvalue weighted by molar-refractivity contribution is 0.0703. The van der Waals surface area contributed by atoms with E-state index in [2.05, 4.69) is 188 Å². The van der Waals surface area contributed by atoms with Crippen LogP contribution in [0, 0.1) is 68.0 Å². The zero-order valence-corrected chi connectivity index (χ0v) is 49.0. The molecule has 9 rings (SSSR count). The first-order valence-electron chi connectivity index (χ1n) is 29.3. The molecule has 6 aliphatic rings. The molecule has 3 N–H and O–H groups in total. The molecule has 3 aliphatic heterocycles. The Hall–Kier alpha value is -3.44. The van der Waals surface area contributed by atoms with Crippen molar-refractivity contribution < 1.29 is 0 Å². The Morgan fingerprint density at radius 1 is 0.347 bits per heavy atom. The summed E-state index contributed by atoms with van der Waals surface area (Å²) < 4.78 is 0. The molecule has 0 amide bonds. The largest absolute Gasteiger partial charge is 0.355 e. The van der Waals surface area contributed by atoms with Crippen molar-refractivity contribution in [3.8, 4) is 0 Å². The molecule has 0 aromatic carbocycles. The summed E-state index contributed by atoms with van der Waals surface area (Å²) in [4.78, 5) is 20.4. The number of aromatic nitrogens is 4. The van der Waals surface area contributed by atoms with Crippen LogP contribution in [0.2, 0.25) is 0 Å². The van der Waals surface area contributed by atoms with Gasteiger partial charge in [0.05, 0.1) is 22.8 Å². The van der Waals surface area contributed by atoms with Gasteiger partial charge in [-0.3, -0.25) is 0 Å². The Balaban J connectivity index is 1.38. The molecule has 5 nitrogen and oxygen atoms in total. The Labute approximate surface area is 438 Å². The van der Waals surface area contributed by atoms with E-state index in [4.69, 9.17) is 9.97 Å². The molecule has 3 saturated carbocycles. The zero-order valence-electron chi connectivity index (χ0n) is 49.0. The topological polar surface area (TPSA) is 69.4 Å². The normalized spacial score (nSPS) is 29.2. The first kappa shape index (κ1) is 53.4. The molecule has 3 aromatic rings. The highest BCUT2D eigenvalue weighted by atomic mass is 14.9. The van der Waals surface area contributed by atoms with Crippen LogP contribution in [0.4, 0.5) is 0 Å². The zero-order chi connectivity index (χ0) is 52.1. The highest BCUT2D eigenvalue weighted by Gasteiger charge is 2.44. The van der Waals surface area contributed by atoms with E-state index >= 15 is 0 Å². The number of fused-ring (bicyclic) bond motifs is 8. The molecule has 8 bridgehead atoms. The SMILES string of the molecule is CC(C)(C)C1CC(c2c3nc(c(C4CCCNC4)c4nc(c(C5CC(C(C)(C)C)CC(C(C)(C)C)C5)c5ccc([nH]5)c(C5CC(C(C)(C)C)CC(C(C)(C)C)C5)c5ccc2[nH]5)C=C4)C=C3)CC(C(C)(C)C)C1. The lowest BCUT2D eigenvalue weighted by atomic mass is 9.59. The van der Waals surface area contributed by atoms with Gasteiger partial charge in [-0.05, 0) is 211 Å². The second kappa shape index (κ2) is 19.3. The molecule has 5 heteroatoms. The number of piperidine rings is 1. The summed E-state index contributed by atoms with van der Waals surface area (Å²) in [6.45, 7) is 46.9. The lowest BCUT2D eigenvalue weighted by Crippen LogP contribution is -2.35. The summed E-state index contributed by atoms with van der Waals surface area (Å²) in [5.74, 6) is 5.26. The molecule has 3 aliphatic carbocycles. The maximum absolute atomic E-state index is 5.89. The summed E-state index contributed by atoms with van der Waals surface area (Å²) in [6, 6.07) is 9.90. The molecule has 1 saturated heterocycles. The fraction of sp³-hybridized carbons (Fsp3) is 0.701. The third-order valence-corrected chi connectivity index (χ3v) is 20.3. The summed E-state index contributed by atoms with van der Waals surface area (Å²) >= 11 is 0. The molecule has 0 spiro atoms. The van der Waals surface area contributed by atoms with Crippen molar-refractivity contribution in [1.29, 1.82) is 0 Å². The predicted octanol–water partition coefficient (Wildman–Crippen LogP) is 18.9. The van der Waals surface area contributed by atoms with E-state index in [0.29, 0.717) is 59.2 Å². The van der Waals surface area contributed by atoms with Gasteiger partial charge in [0.2, 0.25) is 0 Å². The highest BCUT2D eigenvalue weighted by molar-refractivity contribution is 5.84. The Bertz CT molecular complexity index is 2460. The summed E-state index contributed by atoms with van der Waals surface area (Å²) in [5.41, 5.74) is 16.6. The molecular weight excluding hydrogens is 875 g/mol. The highest BCUT2D eigenvalue weighted by Crippen LogP contribution is 2.56. The van der Waals surface area contributed by atoms with E-state index in [1.807, 2.05) is 0 Å². The minimum absolute atomic E-state index is 0.220. The Morgan fingerprint density at radius 3 is 0.903 bits per heavy atom. The van der Waals surface area contributed by atoms with Gasteiger partial charge in [-0.2, -0.15) is 0 Å². The minimum atomic E-state index is 0.220. The van der Waals surface area contributed by atoms with Crippen molar-refractivity contribution in [2.24, 2.45) is 68.0 Å². The van der Waals surface area contributed by atoms with Gasteiger partial charge in [0, 0.05) is 56.8 Å². The summed E-state index contributed by atoms with van der Waals surface area (Å²) in [7, 11) is 0. The van der Waals surface area contributed by atoms with E-state index in [0.717, 1.165) is 42.3 Å². The number of rotatable bonds is 4. The fourth-order valence-electron chi connectivity index (χ4n) is 15.0. The Morgan fingerprint density at radius 2 is 0.625 bits per heavy atom. The number of H-pyrrole nitrogens is 2. The van der Waals surface area contributed by atoms with Gasteiger partial charge in [0.25, 0.3) is 0 Å². The van der Waals surface area contributed by atoms with Crippen LogP contribution >= 0.6 is 0 Å². The number of hydrogen-bond acceptors (Lipinski definition) is 3. The third kappa shape index (κ3) is 11.1. The van der Waals surface area contributed by atoms with Gasteiger partial charge in [0.1, 0.15) is 0 Å². The molecule has 0 radical (unpaired) electrons. The molecule has 72 heavy (non-hydrogen) atoms. The van der Waals surface area contributed by atoms with Gasteiger partial charge in [-0.15, -0.1) is 0 Å². The predicted molar refractivity (Wildman–Crippen MR) is 311 cm³/mol. The lowest BCUT2D eigenvalue weighted by Gasteiger charge is -2.46. The molecule has 394 valence electrons. The van der Waals surface area contributed by atoms with Crippen molar-refractivity contribution in [3.63, 3.8) is 0 Å². The average molecular weight is 977 g/mol. The minimum Gasteiger partial charge on any atom is -0.355 e. The van der Waals surface area contributed by atoms with Crippen LogP contribution in [0.15, 0.2) is 24.3 Å². The van der Waals surface area contributed by atoms with Crippen molar-refractivity contribution >= 4 is 46.4 Å². The maximum Gasteiger partial charge on any atom is 0.0694 e. The second-order valence-corrected chi connectivity index (χ2v) is 31.3. The fourth-order valence-corrected chi connectivity index (χ4v) is 15.0. The van der Waals surface area contributed by atoms with E-state index in [1.165, 1.54) is 109 Å². The van der Waals surface area contributed by atoms with Crippen LogP contribution < -0.4 is 5.32 Å². The van der Waals surface area contributed by atoms with Crippen molar-refractivity contribution in [2.75, 3.05) is 13.1 Å². The van der Waals surface area contributed by atoms with Gasteiger partial charge in [-0.25, -0.2) is 9.97 Å². The van der Waals surface area contributed by atoms with Crippen LogP contribution in [0.25, 0.3) is 46.4 Å². The van der Waals surface area contributed by atoms with E-state index in [-0.39, 0.29) is 32.5 Å². The molecule has 6 heterocycles. The molecular formula is C67H101N5. The number of hydrogen-bond donors (Lipinski definition) is 3. The summed E-state index contributed by atoms with van der Waals surface area (Å²) in [5, 5.41) is 3.80. The van der Waals surface area contributed by atoms with Crippen LogP contribution in [0.1, 0.15) is 264 Å². The van der Waals surface area contributed by atoms with Crippen molar-refractivity contribution in [3.05, 3.63) is 69.3 Å². The number of aromatic amines is 2. The third-order valence-electron chi connectivity index (χ3n) is 20.3. The summed E-state index contributed by atoms with van der Waals surface area (Å²) in [6.07, 6.45) is 22.9. The van der Waals surface area contributed by atoms with E-state index in [9.17, 15) is 0 Å². The van der Waals surface area contributed by atoms with Crippen LogP contribution in [0.3, 0.4) is 0 Å². The molecule has 7 atom stereocenters.